The lowest BCUT2D eigenvalue weighted by Crippen LogP contribution is -2.28. The zero-order chi connectivity index (χ0) is 18.3. The van der Waals surface area contributed by atoms with Crippen molar-refractivity contribution in [2.45, 2.75) is 6.54 Å². The molecule has 4 aromatic rings. The van der Waals surface area contributed by atoms with Gasteiger partial charge in [-0.2, -0.15) is 4.98 Å². The smallest absolute Gasteiger partial charge is 0.269 e. The van der Waals surface area contributed by atoms with Crippen molar-refractivity contribution in [2.75, 3.05) is 13.7 Å². The van der Waals surface area contributed by atoms with Crippen LogP contribution in [-0.4, -0.2) is 23.3 Å². The zero-order valence-corrected chi connectivity index (χ0v) is 16.1. The maximum atomic E-state index is 13.1. The molecule has 1 aromatic carbocycles. The fraction of sp³-hybridized carbons (Fsp3) is 0.167. The van der Waals surface area contributed by atoms with Crippen molar-refractivity contribution in [1.82, 2.24) is 9.55 Å². The number of methoxy groups -OCH3 is 1. The number of fused-ring (bicyclic) bond motifs is 2. The molecule has 0 aliphatic carbocycles. The molecular formula is C18H13BrN2O4S. The van der Waals surface area contributed by atoms with Crippen molar-refractivity contribution in [2.24, 2.45) is 0 Å². The minimum Gasteiger partial charge on any atom is -0.437 e. The first-order valence-electron chi connectivity index (χ1n) is 7.80. The van der Waals surface area contributed by atoms with Crippen LogP contribution < -0.4 is 11.0 Å². The van der Waals surface area contributed by atoms with Crippen molar-refractivity contribution in [1.29, 1.82) is 0 Å². The molecule has 0 saturated heterocycles. The molecule has 26 heavy (non-hydrogen) atoms. The molecule has 0 unspecified atom stereocenters. The first-order valence-corrected chi connectivity index (χ1v) is 9.47. The number of hydrogen-bond donors (Lipinski definition) is 0. The maximum absolute atomic E-state index is 13.1. The molecule has 0 spiro atoms. The van der Waals surface area contributed by atoms with Crippen molar-refractivity contribution in [3.05, 3.63) is 60.8 Å². The van der Waals surface area contributed by atoms with Crippen LogP contribution >= 0.6 is 27.3 Å². The fourth-order valence-corrected chi connectivity index (χ4v) is 3.88. The molecule has 132 valence electrons. The molecule has 3 aromatic heterocycles. The van der Waals surface area contributed by atoms with E-state index in [1.807, 2.05) is 17.5 Å². The van der Waals surface area contributed by atoms with E-state index in [0.717, 1.165) is 9.35 Å². The highest BCUT2D eigenvalue weighted by Gasteiger charge is 2.19. The van der Waals surface area contributed by atoms with Crippen molar-refractivity contribution < 1.29 is 9.15 Å². The van der Waals surface area contributed by atoms with Gasteiger partial charge in [0.15, 0.2) is 11.2 Å². The van der Waals surface area contributed by atoms with Crippen LogP contribution in [0.15, 0.2) is 54.2 Å². The fourth-order valence-electron chi connectivity index (χ4n) is 2.79. The van der Waals surface area contributed by atoms with Crippen LogP contribution in [0.5, 0.6) is 0 Å². The molecule has 6 nitrogen and oxygen atoms in total. The number of rotatable bonds is 4. The summed E-state index contributed by atoms with van der Waals surface area (Å²) in [7, 11) is 1.56. The summed E-state index contributed by atoms with van der Waals surface area (Å²) in [6, 6.07) is 8.86. The molecule has 3 heterocycles. The van der Waals surface area contributed by atoms with E-state index in [-0.39, 0.29) is 16.5 Å². The van der Waals surface area contributed by atoms with E-state index in [1.165, 1.54) is 15.9 Å². The van der Waals surface area contributed by atoms with E-state index in [0.29, 0.717) is 29.9 Å². The van der Waals surface area contributed by atoms with Gasteiger partial charge in [0.25, 0.3) is 5.56 Å². The predicted octanol–water partition coefficient (Wildman–Crippen LogP) is 3.64. The number of nitrogens with zero attached hydrogens (tertiary/aromatic N) is 2. The van der Waals surface area contributed by atoms with Gasteiger partial charge >= 0.3 is 0 Å². The third-order valence-corrected chi connectivity index (χ3v) is 5.38. The zero-order valence-electron chi connectivity index (χ0n) is 13.7. The minimum absolute atomic E-state index is 0.0480. The molecule has 8 heteroatoms. The molecule has 0 saturated carbocycles. The van der Waals surface area contributed by atoms with E-state index < -0.39 is 5.56 Å². The Morgan fingerprint density at radius 1 is 1.31 bits per heavy atom. The molecule has 0 aliphatic heterocycles. The highest BCUT2D eigenvalue weighted by molar-refractivity contribution is 9.10. The van der Waals surface area contributed by atoms with Gasteiger partial charge in [0.1, 0.15) is 5.58 Å². The van der Waals surface area contributed by atoms with Crippen LogP contribution in [0, 0.1) is 0 Å². The summed E-state index contributed by atoms with van der Waals surface area (Å²) in [5.74, 6) is 0.467. The number of thiophene rings is 1. The van der Waals surface area contributed by atoms with Crippen LogP contribution in [-0.2, 0) is 11.3 Å². The lowest BCUT2D eigenvalue weighted by atomic mass is 10.2. The van der Waals surface area contributed by atoms with Gasteiger partial charge in [0, 0.05) is 11.6 Å². The Hall–Kier alpha value is -2.29. The number of halogens is 1. The first kappa shape index (κ1) is 17.1. The van der Waals surface area contributed by atoms with Crippen LogP contribution in [0.3, 0.4) is 0 Å². The molecule has 0 fully saturated rings. The summed E-state index contributed by atoms with van der Waals surface area (Å²) in [6.07, 6.45) is 0. The minimum atomic E-state index is -0.425. The predicted molar refractivity (Wildman–Crippen MR) is 105 cm³/mol. The Morgan fingerprint density at radius 3 is 2.88 bits per heavy atom. The Bertz CT molecular complexity index is 1230. The topological polar surface area (TPSA) is 74.3 Å². The van der Waals surface area contributed by atoms with Gasteiger partial charge in [-0.25, -0.2) is 0 Å². The van der Waals surface area contributed by atoms with Crippen LogP contribution in [0.4, 0.5) is 0 Å². The highest BCUT2D eigenvalue weighted by Crippen LogP contribution is 2.25. The Kier molecular flexibility index (Phi) is 4.47. The molecule has 0 N–H and O–H groups in total. The van der Waals surface area contributed by atoms with Gasteiger partial charge in [-0.3, -0.25) is 14.2 Å². The van der Waals surface area contributed by atoms with E-state index in [2.05, 4.69) is 20.9 Å². The lowest BCUT2D eigenvalue weighted by Gasteiger charge is -2.11. The van der Waals surface area contributed by atoms with Crippen molar-refractivity contribution in [3.63, 3.8) is 0 Å². The molecule has 0 aliphatic rings. The Labute approximate surface area is 159 Å². The molecule has 0 atom stereocenters. The summed E-state index contributed by atoms with van der Waals surface area (Å²) in [6.45, 7) is 0.622. The van der Waals surface area contributed by atoms with Gasteiger partial charge in [0.2, 0.25) is 11.1 Å². The highest BCUT2D eigenvalue weighted by atomic mass is 79.9. The van der Waals surface area contributed by atoms with Gasteiger partial charge in [0.05, 0.1) is 23.4 Å². The monoisotopic (exact) mass is 432 g/mol. The number of hydrogen-bond acceptors (Lipinski definition) is 6. The SMILES string of the molecule is COCCn1c(-c2cccs2)nc2oc3ccc(Br)cc3c(=O)c2c1=O. The average molecular weight is 433 g/mol. The second kappa shape index (κ2) is 6.79. The van der Waals surface area contributed by atoms with Crippen LogP contribution in [0.1, 0.15) is 0 Å². The van der Waals surface area contributed by atoms with Gasteiger partial charge in [-0.05, 0) is 29.6 Å². The molecule has 0 radical (unpaired) electrons. The van der Waals surface area contributed by atoms with E-state index >= 15 is 0 Å². The third kappa shape index (κ3) is 2.80. The number of aromatic nitrogens is 2. The largest absolute Gasteiger partial charge is 0.437 e. The summed E-state index contributed by atoms with van der Waals surface area (Å²) < 4.78 is 13.1. The van der Waals surface area contributed by atoms with Gasteiger partial charge in [-0.15, -0.1) is 11.3 Å². The average Bonchev–Trinajstić information content (AvgIpc) is 3.16. The number of benzene rings is 1. The van der Waals surface area contributed by atoms with Crippen LogP contribution in [0.25, 0.3) is 32.8 Å². The molecule has 4 rings (SSSR count). The lowest BCUT2D eigenvalue weighted by molar-refractivity contribution is 0.186. The van der Waals surface area contributed by atoms with Gasteiger partial charge in [-0.1, -0.05) is 22.0 Å². The van der Waals surface area contributed by atoms with Crippen LogP contribution in [0.2, 0.25) is 0 Å². The van der Waals surface area contributed by atoms with Crippen molar-refractivity contribution in [3.8, 4) is 10.7 Å². The Balaban J connectivity index is 2.12. The second-order valence-electron chi connectivity index (χ2n) is 5.61. The summed E-state index contributed by atoms with van der Waals surface area (Å²) >= 11 is 4.80. The quantitative estimate of drug-likeness (QED) is 0.460. The standard InChI is InChI=1S/C18H13BrN2O4S/c1-24-7-6-21-16(13-3-2-8-26-13)20-17-14(18(21)23)15(22)11-9-10(19)4-5-12(11)25-17/h2-5,8-9H,6-7H2,1H3. The summed E-state index contributed by atoms with van der Waals surface area (Å²) in [5.41, 5.74) is -0.369. The summed E-state index contributed by atoms with van der Waals surface area (Å²) in [5, 5.41) is 2.19. The Morgan fingerprint density at radius 2 is 2.15 bits per heavy atom. The van der Waals surface area contributed by atoms with Crippen molar-refractivity contribution >= 4 is 49.3 Å². The first-order chi connectivity index (χ1) is 12.6. The number of ether oxygens (including phenoxy) is 1. The molecular weight excluding hydrogens is 420 g/mol. The molecule has 0 bridgehead atoms. The van der Waals surface area contributed by atoms with E-state index in [1.54, 1.807) is 25.3 Å². The van der Waals surface area contributed by atoms with E-state index in [9.17, 15) is 9.59 Å². The van der Waals surface area contributed by atoms with E-state index in [4.69, 9.17) is 9.15 Å². The van der Waals surface area contributed by atoms with Gasteiger partial charge < -0.3 is 9.15 Å². The maximum Gasteiger partial charge on any atom is 0.269 e. The third-order valence-electron chi connectivity index (χ3n) is 4.02. The normalized spacial score (nSPS) is 11.5. The summed E-state index contributed by atoms with van der Waals surface area (Å²) in [4.78, 5) is 31.3. The molecule has 0 amide bonds. The second-order valence-corrected chi connectivity index (χ2v) is 7.48.